The second kappa shape index (κ2) is 6.24. The summed E-state index contributed by atoms with van der Waals surface area (Å²) < 4.78 is 1.94. The van der Waals surface area contributed by atoms with Crippen LogP contribution in [0.25, 0.3) is 0 Å². The summed E-state index contributed by atoms with van der Waals surface area (Å²) >= 11 is 0. The van der Waals surface area contributed by atoms with Gasteiger partial charge in [-0.2, -0.15) is 5.10 Å². The van der Waals surface area contributed by atoms with Crippen LogP contribution in [0.4, 0.5) is 0 Å². The molecule has 0 aliphatic rings. The van der Waals surface area contributed by atoms with Crippen molar-refractivity contribution in [1.82, 2.24) is 9.78 Å². The van der Waals surface area contributed by atoms with Crippen LogP contribution in [-0.4, -0.2) is 15.8 Å². The molecule has 0 bridgehead atoms. The number of nitrogens with zero attached hydrogens (tertiary/aromatic N) is 2. The molecule has 0 aliphatic carbocycles. The average molecular weight is 226 g/mol. The molecule has 1 aromatic rings. The predicted molar refractivity (Wildman–Crippen MR) is 59.8 cm³/mol. The van der Waals surface area contributed by atoms with Gasteiger partial charge in [-0.3, -0.25) is 4.68 Å². The van der Waals surface area contributed by atoms with Gasteiger partial charge in [0.25, 0.3) is 0 Å². The van der Waals surface area contributed by atoms with Gasteiger partial charge in [0.05, 0.1) is 12.2 Å². The Morgan fingerprint density at radius 1 is 1.46 bits per heavy atom. The maximum Gasteiger partial charge on any atom is 0.0596 e. The van der Waals surface area contributed by atoms with Crippen molar-refractivity contribution in [3.05, 3.63) is 17.5 Å². The molecule has 13 heavy (non-hydrogen) atoms. The Labute approximate surface area is 91.5 Å². The van der Waals surface area contributed by atoms with Crippen molar-refractivity contribution in [1.29, 1.82) is 0 Å². The molecule has 1 atom stereocenters. The van der Waals surface area contributed by atoms with E-state index in [2.05, 4.69) is 11.2 Å². The lowest BCUT2D eigenvalue weighted by Crippen LogP contribution is -2.23. The number of hydrogen-bond donors (Lipinski definition) is 1. The zero-order chi connectivity index (χ0) is 8.43. The Morgan fingerprint density at radius 2 is 2.00 bits per heavy atom. The van der Waals surface area contributed by atoms with Gasteiger partial charge in [0.2, 0.25) is 0 Å². The molecular formula is C8H17Cl2N3. The first-order chi connectivity index (χ1) is 5.09. The molecule has 1 aromatic heterocycles. The molecule has 1 heterocycles. The minimum atomic E-state index is 0. The van der Waals surface area contributed by atoms with Crippen LogP contribution in [0.3, 0.4) is 0 Å². The van der Waals surface area contributed by atoms with E-state index >= 15 is 0 Å². The third kappa shape index (κ3) is 4.50. The number of aromatic nitrogens is 2. The Kier molecular flexibility index (Phi) is 7.31. The monoisotopic (exact) mass is 225 g/mol. The second-order valence-electron chi connectivity index (χ2n) is 3.09. The molecule has 0 amide bonds. The molecule has 2 N–H and O–H groups in total. The van der Waals surface area contributed by atoms with E-state index in [1.807, 2.05) is 25.5 Å². The quantitative estimate of drug-likeness (QED) is 0.833. The molecule has 0 aromatic carbocycles. The van der Waals surface area contributed by atoms with Crippen molar-refractivity contribution in [3.8, 4) is 0 Å². The van der Waals surface area contributed by atoms with Gasteiger partial charge in [0.1, 0.15) is 0 Å². The second-order valence-corrected chi connectivity index (χ2v) is 3.09. The Morgan fingerprint density at radius 3 is 2.31 bits per heavy atom. The lowest BCUT2D eigenvalue weighted by molar-refractivity contribution is 0.525. The van der Waals surface area contributed by atoms with Crippen LogP contribution in [0.5, 0.6) is 0 Å². The Bertz CT molecular complexity index is 246. The third-order valence-corrected chi connectivity index (χ3v) is 1.56. The van der Waals surface area contributed by atoms with Crippen LogP contribution in [-0.2, 0) is 6.54 Å². The van der Waals surface area contributed by atoms with Gasteiger partial charge < -0.3 is 5.73 Å². The van der Waals surface area contributed by atoms with E-state index in [-0.39, 0.29) is 30.9 Å². The van der Waals surface area contributed by atoms with Crippen molar-refractivity contribution < 1.29 is 0 Å². The van der Waals surface area contributed by atoms with Crippen LogP contribution >= 0.6 is 24.8 Å². The van der Waals surface area contributed by atoms with Gasteiger partial charge in [-0.25, -0.2) is 0 Å². The van der Waals surface area contributed by atoms with Gasteiger partial charge in [-0.05, 0) is 26.8 Å². The van der Waals surface area contributed by atoms with E-state index < -0.39 is 0 Å². The molecule has 78 valence electrons. The summed E-state index contributed by atoms with van der Waals surface area (Å²) in [6.07, 6.45) is 0. The van der Waals surface area contributed by atoms with E-state index in [4.69, 9.17) is 5.73 Å². The summed E-state index contributed by atoms with van der Waals surface area (Å²) in [6, 6.07) is 2.23. The van der Waals surface area contributed by atoms with Crippen LogP contribution in [0.2, 0.25) is 0 Å². The van der Waals surface area contributed by atoms with E-state index in [0.717, 1.165) is 12.2 Å². The number of nitrogens with two attached hydrogens (primary N) is 1. The first-order valence-electron chi connectivity index (χ1n) is 3.86. The van der Waals surface area contributed by atoms with Crippen molar-refractivity contribution in [2.45, 2.75) is 33.4 Å². The molecule has 5 heteroatoms. The Hall–Kier alpha value is -0.250. The first-order valence-corrected chi connectivity index (χ1v) is 3.86. The highest BCUT2D eigenvalue weighted by Gasteiger charge is 2.01. The topological polar surface area (TPSA) is 43.8 Å². The smallest absolute Gasteiger partial charge is 0.0596 e. The summed E-state index contributed by atoms with van der Waals surface area (Å²) in [5, 5.41) is 4.29. The van der Waals surface area contributed by atoms with E-state index in [0.29, 0.717) is 0 Å². The van der Waals surface area contributed by atoms with Crippen LogP contribution in [0.15, 0.2) is 6.07 Å². The van der Waals surface area contributed by atoms with E-state index in [9.17, 15) is 0 Å². The van der Waals surface area contributed by atoms with Crippen molar-refractivity contribution in [2.24, 2.45) is 5.73 Å². The molecule has 0 saturated heterocycles. The number of rotatable bonds is 2. The molecular weight excluding hydrogens is 209 g/mol. The maximum atomic E-state index is 5.64. The van der Waals surface area contributed by atoms with Crippen molar-refractivity contribution >= 4 is 24.8 Å². The minimum absolute atomic E-state index is 0. The predicted octanol–water partition coefficient (Wildman–Crippen LogP) is 1.69. The zero-order valence-corrected chi connectivity index (χ0v) is 9.78. The molecule has 1 unspecified atom stereocenters. The van der Waals surface area contributed by atoms with E-state index in [1.165, 1.54) is 5.69 Å². The fourth-order valence-electron chi connectivity index (χ4n) is 1.13. The fourth-order valence-corrected chi connectivity index (χ4v) is 1.13. The highest BCUT2D eigenvalue weighted by molar-refractivity contribution is 5.85. The number of halogens is 2. The normalized spacial score (nSPS) is 11.4. The molecule has 1 rings (SSSR count). The SMILES string of the molecule is Cc1cc(C)n(CC(C)N)n1.Cl.Cl. The molecule has 0 fully saturated rings. The number of hydrogen-bond acceptors (Lipinski definition) is 2. The van der Waals surface area contributed by atoms with Gasteiger partial charge in [-0.15, -0.1) is 24.8 Å². The van der Waals surface area contributed by atoms with Crippen LogP contribution in [0, 0.1) is 13.8 Å². The Balaban J connectivity index is 0. The van der Waals surface area contributed by atoms with Gasteiger partial charge in [0, 0.05) is 11.7 Å². The summed E-state index contributed by atoms with van der Waals surface area (Å²) in [5.41, 5.74) is 7.88. The van der Waals surface area contributed by atoms with E-state index in [1.54, 1.807) is 0 Å². The lowest BCUT2D eigenvalue weighted by Gasteiger charge is -2.06. The highest BCUT2D eigenvalue weighted by Crippen LogP contribution is 2.01. The van der Waals surface area contributed by atoms with Crippen LogP contribution in [0.1, 0.15) is 18.3 Å². The highest BCUT2D eigenvalue weighted by atomic mass is 35.5. The summed E-state index contributed by atoms with van der Waals surface area (Å²) in [5.74, 6) is 0. The van der Waals surface area contributed by atoms with Gasteiger partial charge in [0.15, 0.2) is 0 Å². The molecule has 0 radical (unpaired) electrons. The summed E-state index contributed by atoms with van der Waals surface area (Å²) in [4.78, 5) is 0. The maximum absolute atomic E-state index is 5.64. The molecule has 3 nitrogen and oxygen atoms in total. The van der Waals surface area contributed by atoms with Gasteiger partial charge >= 0.3 is 0 Å². The third-order valence-electron chi connectivity index (χ3n) is 1.56. The first kappa shape index (κ1) is 15.2. The van der Waals surface area contributed by atoms with Gasteiger partial charge in [-0.1, -0.05) is 0 Å². The van der Waals surface area contributed by atoms with Crippen molar-refractivity contribution in [2.75, 3.05) is 0 Å². The minimum Gasteiger partial charge on any atom is -0.326 e. The van der Waals surface area contributed by atoms with Crippen molar-refractivity contribution in [3.63, 3.8) is 0 Å². The average Bonchev–Trinajstić information content (AvgIpc) is 2.09. The zero-order valence-electron chi connectivity index (χ0n) is 8.15. The molecule has 0 aliphatic heterocycles. The fraction of sp³-hybridized carbons (Fsp3) is 0.625. The lowest BCUT2D eigenvalue weighted by atomic mass is 10.3. The largest absolute Gasteiger partial charge is 0.326 e. The standard InChI is InChI=1S/C8H15N3.2ClH/c1-6(9)5-11-8(3)4-7(2)10-11;;/h4,6H,5,9H2,1-3H3;2*1H. The summed E-state index contributed by atoms with van der Waals surface area (Å²) in [7, 11) is 0. The molecule has 0 saturated carbocycles. The molecule has 0 spiro atoms. The van der Waals surface area contributed by atoms with Crippen LogP contribution < -0.4 is 5.73 Å². The summed E-state index contributed by atoms with van der Waals surface area (Å²) in [6.45, 7) is 6.82. The number of aryl methyl sites for hydroxylation is 2.